The van der Waals surface area contributed by atoms with Gasteiger partial charge in [-0.05, 0) is 31.7 Å². The van der Waals surface area contributed by atoms with Crippen molar-refractivity contribution in [3.63, 3.8) is 0 Å². The number of hydrogen-bond acceptors (Lipinski definition) is 4. The molecule has 0 spiro atoms. The predicted octanol–water partition coefficient (Wildman–Crippen LogP) is 3.09. The van der Waals surface area contributed by atoms with Crippen molar-refractivity contribution in [2.24, 2.45) is 5.92 Å². The summed E-state index contributed by atoms with van der Waals surface area (Å²) in [5.41, 5.74) is 0.408. The third kappa shape index (κ3) is 4.83. The molecule has 1 aromatic heterocycles. The molecule has 2 unspecified atom stereocenters. The van der Waals surface area contributed by atoms with Gasteiger partial charge in [0.25, 0.3) is 5.91 Å². The molecular formula is C17H29N3O2. The molecule has 2 rings (SSSR count). The fourth-order valence-corrected chi connectivity index (χ4v) is 2.91. The molecule has 1 saturated heterocycles. The Kier molecular flexibility index (Phi) is 6.90. The molecule has 124 valence electrons. The number of oxazole rings is 1. The summed E-state index contributed by atoms with van der Waals surface area (Å²) in [6.45, 7) is 7.04. The SMILES string of the molecule is CCCCC(CC)CNC(=O)c1coc(C2CCCNC2)n1. The van der Waals surface area contributed by atoms with Gasteiger partial charge in [-0.15, -0.1) is 0 Å². The van der Waals surface area contributed by atoms with Gasteiger partial charge in [-0.25, -0.2) is 4.98 Å². The Hall–Kier alpha value is -1.36. The maximum Gasteiger partial charge on any atom is 0.273 e. The lowest BCUT2D eigenvalue weighted by atomic mass is 9.99. The molecule has 1 aliphatic rings. The average Bonchev–Trinajstić information content (AvgIpc) is 3.06. The van der Waals surface area contributed by atoms with Gasteiger partial charge in [0.1, 0.15) is 6.26 Å². The van der Waals surface area contributed by atoms with Crippen LogP contribution in [0.25, 0.3) is 0 Å². The maximum absolute atomic E-state index is 12.2. The van der Waals surface area contributed by atoms with Gasteiger partial charge in [-0.1, -0.05) is 33.1 Å². The van der Waals surface area contributed by atoms with Gasteiger partial charge in [0.15, 0.2) is 11.6 Å². The van der Waals surface area contributed by atoms with Crippen LogP contribution >= 0.6 is 0 Å². The average molecular weight is 307 g/mol. The van der Waals surface area contributed by atoms with Gasteiger partial charge in [-0.3, -0.25) is 4.79 Å². The van der Waals surface area contributed by atoms with Crippen LogP contribution in [0.5, 0.6) is 0 Å². The van der Waals surface area contributed by atoms with Gasteiger partial charge in [0.2, 0.25) is 0 Å². The number of carbonyl (C=O) groups excluding carboxylic acids is 1. The van der Waals surface area contributed by atoms with E-state index >= 15 is 0 Å². The van der Waals surface area contributed by atoms with E-state index in [1.165, 1.54) is 25.5 Å². The van der Waals surface area contributed by atoms with E-state index in [0.29, 0.717) is 23.4 Å². The first-order valence-corrected chi connectivity index (χ1v) is 8.68. The van der Waals surface area contributed by atoms with Crippen LogP contribution in [0.1, 0.15) is 74.7 Å². The first-order chi connectivity index (χ1) is 10.7. The summed E-state index contributed by atoms with van der Waals surface area (Å²) in [6, 6.07) is 0. The zero-order valence-electron chi connectivity index (χ0n) is 13.9. The van der Waals surface area contributed by atoms with Gasteiger partial charge in [-0.2, -0.15) is 0 Å². The molecule has 5 heteroatoms. The topological polar surface area (TPSA) is 67.2 Å². The summed E-state index contributed by atoms with van der Waals surface area (Å²) in [5.74, 6) is 1.42. The molecule has 0 radical (unpaired) electrons. The minimum atomic E-state index is -0.117. The first-order valence-electron chi connectivity index (χ1n) is 8.68. The van der Waals surface area contributed by atoms with Crippen molar-refractivity contribution < 1.29 is 9.21 Å². The summed E-state index contributed by atoms with van der Waals surface area (Å²) in [4.78, 5) is 16.6. The van der Waals surface area contributed by atoms with Gasteiger partial charge < -0.3 is 15.1 Å². The molecule has 2 atom stereocenters. The molecule has 1 aromatic rings. The fraction of sp³-hybridized carbons (Fsp3) is 0.765. The van der Waals surface area contributed by atoms with Crippen LogP contribution in [0.4, 0.5) is 0 Å². The molecule has 0 aromatic carbocycles. The van der Waals surface area contributed by atoms with E-state index in [9.17, 15) is 4.79 Å². The molecule has 2 N–H and O–H groups in total. The Bertz CT molecular complexity index is 453. The Labute approximate surface area is 133 Å². The van der Waals surface area contributed by atoms with Crippen molar-refractivity contribution >= 4 is 5.91 Å². The first kappa shape index (κ1) is 17.0. The Morgan fingerprint density at radius 1 is 1.55 bits per heavy atom. The minimum Gasteiger partial charge on any atom is -0.448 e. The van der Waals surface area contributed by atoms with Crippen molar-refractivity contribution in [1.82, 2.24) is 15.6 Å². The third-order valence-corrected chi connectivity index (χ3v) is 4.50. The molecule has 0 saturated carbocycles. The molecule has 0 aliphatic carbocycles. The zero-order valence-corrected chi connectivity index (χ0v) is 13.9. The van der Waals surface area contributed by atoms with E-state index in [2.05, 4.69) is 29.5 Å². The molecule has 22 heavy (non-hydrogen) atoms. The summed E-state index contributed by atoms with van der Waals surface area (Å²) < 4.78 is 5.51. The van der Waals surface area contributed by atoms with Crippen LogP contribution < -0.4 is 10.6 Å². The number of nitrogens with one attached hydrogen (secondary N) is 2. The number of piperidine rings is 1. The van der Waals surface area contributed by atoms with E-state index in [1.54, 1.807) is 0 Å². The number of hydrogen-bond donors (Lipinski definition) is 2. The largest absolute Gasteiger partial charge is 0.448 e. The highest BCUT2D eigenvalue weighted by molar-refractivity contribution is 5.91. The normalized spacial score (nSPS) is 19.8. The van der Waals surface area contributed by atoms with Crippen LogP contribution in [0.2, 0.25) is 0 Å². The molecule has 1 aliphatic heterocycles. The van der Waals surface area contributed by atoms with E-state index in [4.69, 9.17) is 4.42 Å². The van der Waals surface area contributed by atoms with Gasteiger partial charge >= 0.3 is 0 Å². The quantitative estimate of drug-likeness (QED) is 0.774. The van der Waals surface area contributed by atoms with Crippen molar-refractivity contribution in [1.29, 1.82) is 0 Å². The van der Waals surface area contributed by atoms with Gasteiger partial charge in [0.05, 0.1) is 0 Å². The third-order valence-electron chi connectivity index (χ3n) is 4.50. The van der Waals surface area contributed by atoms with E-state index in [1.807, 2.05) is 0 Å². The Morgan fingerprint density at radius 3 is 3.09 bits per heavy atom. The zero-order chi connectivity index (χ0) is 15.8. The number of amides is 1. The van der Waals surface area contributed by atoms with Crippen molar-refractivity contribution in [2.45, 2.75) is 58.3 Å². The summed E-state index contributed by atoms with van der Waals surface area (Å²) in [5, 5.41) is 6.34. The second-order valence-corrected chi connectivity index (χ2v) is 6.24. The lowest BCUT2D eigenvalue weighted by Gasteiger charge is -2.19. The lowest BCUT2D eigenvalue weighted by Crippen LogP contribution is -2.30. The van der Waals surface area contributed by atoms with Crippen LogP contribution in [-0.2, 0) is 0 Å². The van der Waals surface area contributed by atoms with Crippen molar-refractivity contribution in [2.75, 3.05) is 19.6 Å². The molecule has 2 heterocycles. The standard InChI is InChI=1S/C17H29N3O2/c1-3-5-7-13(4-2)10-19-16(21)15-12-22-17(20-15)14-8-6-9-18-11-14/h12-14,18H,3-11H2,1-2H3,(H,19,21). The summed E-state index contributed by atoms with van der Waals surface area (Å²) in [7, 11) is 0. The Balaban J connectivity index is 1.83. The van der Waals surface area contributed by atoms with Crippen LogP contribution in [0.15, 0.2) is 10.7 Å². The maximum atomic E-state index is 12.2. The molecule has 0 bridgehead atoms. The van der Waals surface area contributed by atoms with Crippen LogP contribution in [0, 0.1) is 5.92 Å². The van der Waals surface area contributed by atoms with Crippen molar-refractivity contribution in [3.05, 3.63) is 17.8 Å². The van der Waals surface area contributed by atoms with Gasteiger partial charge in [0, 0.05) is 19.0 Å². The second kappa shape index (κ2) is 8.93. The highest BCUT2D eigenvalue weighted by Gasteiger charge is 2.22. The van der Waals surface area contributed by atoms with Crippen molar-refractivity contribution in [3.8, 4) is 0 Å². The summed E-state index contributed by atoms with van der Waals surface area (Å²) >= 11 is 0. The number of carbonyl (C=O) groups is 1. The Morgan fingerprint density at radius 2 is 2.41 bits per heavy atom. The van der Waals surface area contributed by atoms with E-state index in [0.717, 1.165) is 38.9 Å². The minimum absolute atomic E-state index is 0.117. The summed E-state index contributed by atoms with van der Waals surface area (Å²) in [6.07, 6.45) is 8.38. The number of aromatic nitrogens is 1. The number of rotatable bonds is 8. The highest BCUT2D eigenvalue weighted by atomic mass is 16.3. The lowest BCUT2D eigenvalue weighted by molar-refractivity contribution is 0.0940. The molecular weight excluding hydrogens is 278 g/mol. The van der Waals surface area contributed by atoms with E-state index in [-0.39, 0.29) is 5.91 Å². The molecule has 5 nitrogen and oxygen atoms in total. The van der Waals surface area contributed by atoms with Crippen LogP contribution in [0.3, 0.4) is 0 Å². The monoisotopic (exact) mass is 307 g/mol. The highest BCUT2D eigenvalue weighted by Crippen LogP contribution is 2.22. The second-order valence-electron chi connectivity index (χ2n) is 6.24. The number of unbranched alkanes of at least 4 members (excludes halogenated alkanes) is 1. The van der Waals surface area contributed by atoms with Crippen LogP contribution in [-0.4, -0.2) is 30.5 Å². The molecule has 1 fully saturated rings. The molecule has 1 amide bonds. The number of nitrogens with zero attached hydrogens (tertiary/aromatic N) is 1. The van der Waals surface area contributed by atoms with E-state index < -0.39 is 0 Å². The smallest absolute Gasteiger partial charge is 0.273 e. The fourth-order valence-electron chi connectivity index (χ4n) is 2.91. The predicted molar refractivity (Wildman–Crippen MR) is 87.0 cm³/mol.